The third kappa shape index (κ3) is 1.50. The van der Waals surface area contributed by atoms with Gasteiger partial charge in [0, 0.05) is 17.2 Å². The second-order valence-corrected chi connectivity index (χ2v) is 3.76. The molecular weight excluding hydrogens is 208 g/mol. The van der Waals surface area contributed by atoms with Gasteiger partial charge in [-0.2, -0.15) is 0 Å². The summed E-state index contributed by atoms with van der Waals surface area (Å²) < 4.78 is 15.8. The van der Waals surface area contributed by atoms with Gasteiger partial charge in [0.15, 0.2) is 11.5 Å². The van der Waals surface area contributed by atoms with E-state index in [2.05, 4.69) is 0 Å². The van der Waals surface area contributed by atoms with Gasteiger partial charge in [-0.1, -0.05) is 0 Å². The largest absolute Gasteiger partial charge is 0.496 e. The Labute approximate surface area is 94.8 Å². The molecule has 0 fully saturated rings. The van der Waals surface area contributed by atoms with Gasteiger partial charge in [-0.3, -0.25) is 0 Å². The average molecular weight is 224 g/mol. The van der Waals surface area contributed by atoms with Gasteiger partial charge in [-0.15, -0.1) is 0 Å². The molecule has 4 nitrogen and oxygen atoms in total. The van der Waals surface area contributed by atoms with Gasteiger partial charge in [0.25, 0.3) is 0 Å². The van der Waals surface area contributed by atoms with Crippen molar-refractivity contribution in [3.05, 3.63) is 17.2 Å². The molecule has 1 aromatic carbocycles. The predicted octanol–water partition coefficient (Wildman–Crippen LogP) is 1.69. The van der Waals surface area contributed by atoms with Crippen LogP contribution < -0.4 is 14.2 Å². The van der Waals surface area contributed by atoms with Crippen LogP contribution in [0.15, 0.2) is 6.07 Å². The number of aliphatic hydroxyl groups excluding tert-OH is 1. The number of benzene rings is 1. The summed E-state index contributed by atoms with van der Waals surface area (Å²) in [5, 5.41) is 9.94. The Morgan fingerprint density at radius 3 is 2.38 bits per heavy atom. The molecule has 0 radical (unpaired) electrons. The van der Waals surface area contributed by atoms with E-state index in [1.807, 2.05) is 0 Å². The molecule has 16 heavy (non-hydrogen) atoms. The Bertz CT molecular complexity index is 400. The Hall–Kier alpha value is -1.42. The van der Waals surface area contributed by atoms with Crippen molar-refractivity contribution in [2.75, 3.05) is 21.3 Å². The molecule has 0 heterocycles. The molecule has 4 heteroatoms. The second kappa shape index (κ2) is 4.22. The van der Waals surface area contributed by atoms with Gasteiger partial charge in [0.05, 0.1) is 27.4 Å². The summed E-state index contributed by atoms with van der Waals surface area (Å²) in [4.78, 5) is 0. The lowest BCUT2D eigenvalue weighted by atomic mass is 10.1. The molecule has 0 aliphatic heterocycles. The minimum atomic E-state index is -0.492. The van der Waals surface area contributed by atoms with E-state index in [1.54, 1.807) is 27.4 Å². The van der Waals surface area contributed by atoms with E-state index in [-0.39, 0.29) is 0 Å². The fraction of sp³-hybridized carbons (Fsp3) is 0.500. The molecule has 1 aliphatic rings. The van der Waals surface area contributed by atoms with Crippen LogP contribution in [0.5, 0.6) is 17.2 Å². The fourth-order valence-electron chi connectivity index (χ4n) is 2.25. The van der Waals surface area contributed by atoms with E-state index < -0.39 is 6.10 Å². The summed E-state index contributed by atoms with van der Waals surface area (Å²) in [6.07, 6.45) is 1.02. The summed E-state index contributed by atoms with van der Waals surface area (Å²) in [5.41, 5.74) is 1.83. The Morgan fingerprint density at radius 2 is 1.81 bits per heavy atom. The topological polar surface area (TPSA) is 47.9 Å². The standard InChI is InChI=1S/C12H16O4/c1-14-9-6-10(15-2)12(16-3)11-7(9)4-5-8(11)13/h6,8,13H,4-5H2,1-3H3. The summed E-state index contributed by atoms with van der Waals surface area (Å²) >= 11 is 0. The third-order valence-corrected chi connectivity index (χ3v) is 3.00. The number of methoxy groups -OCH3 is 3. The van der Waals surface area contributed by atoms with E-state index in [1.165, 1.54) is 0 Å². The van der Waals surface area contributed by atoms with Crippen molar-refractivity contribution in [1.82, 2.24) is 0 Å². The maximum atomic E-state index is 9.94. The van der Waals surface area contributed by atoms with Gasteiger partial charge in [0.2, 0.25) is 0 Å². The van der Waals surface area contributed by atoms with Crippen molar-refractivity contribution >= 4 is 0 Å². The lowest BCUT2D eigenvalue weighted by molar-refractivity contribution is 0.175. The summed E-state index contributed by atoms with van der Waals surface area (Å²) in [5.74, 6) is 1.96. The zero-order valence-corrected chi connectivity index (χ0v) is 9.74. The van der Waals surface area contributed by atoms with Gasteiger partial charge in [-0.25, -0.2) is 0 Å². The summed E-state index contributed by atoms with van der Waals surface area (Å²) in [6.45, 7) is 0. The van der Waals surface area contributed by atoms with Crippen LogP contribution in [0.4, 0.5) is 0 Å². The molecule has 0 spiro atoms. The number of hydrogen-bond donors (Lipinski definition) is 1. The van der Waals surface area contributed by atoms with E-state index in [0.717, 1.165) is 23.3 Å². The van der Waals surface area contributed by atoms with Crippen molar-refractivity contribution < 1.29 is 19.3 Å². The number of hydrogen-bond acceptors (Lipinski definition) is 4. The van der Waals surface area contributed by atoms with Crippen LogP contribution in [-0.4, -0.2) is 26.4 Å². The van der Waals surface area contributed by atoms with E-state index in [4.69, 9.17) is 14.2 Å². The third-order valence-electron chi connectivity index (χ3n) is 3.00. The second-order valence-electron chi connectivity index (χ2n) is 3.76. The molecule has 1 aromatic rings. The first-order valence-corrected chi connectivity index (χ1v) is 5.22. The highest BCUT2D eigenvalue weighted by Gasteiger charge is 2.30. The Morgan fingerprint density at radius 1 is 1.12 bits per heavy atom. The first kappa shape index (κ1) is 11.1. The first-order valence-electron chi connectivity index (χ1n) is 5.22. The predicted molar refractivity (Wildman–Crippen MR) is 59.4 cm³/mol. The molecule has 1 aliphatic carbocycles. The van der Waals surface area contributed by atoms with Crippen LogP contribution in [0, 0.1) is 0 Å². The normalized spacial score (nSPS) is 18.1. The summed E-state index contributed by atoms with van der Waals surface area (Å²) in [6, 6.07) is 1.80. The van der Waals surface area contributed by atoms with Gasteiger partial charge in [0.1, 0.15) is 5.75 Å². The molecular formula is C12H16O4. The molecule has 1 atom stereocenters. The maximum Gasteiger partial charge on any atom is 0.167 e. The lowest BCUT2D eigenvalue weighted by Crippen LogP contribution is -2.01. The average Bonchev–Trinajstić information content (AvgIpc) is 2.70. The number of rotatable bonds is 3. The van der Waals surface area contributed by atoms with E-state index in [0.29, 0.717) is 17.9 Å². The quantitative estimate of drug-likeness (QED) is 0.848. The zero-order chi connectivity index (χ0) is 11.7. The SMILES string of the molecule is COc1cc(OC)c(OC)c2c1CCC2O. The number of fused-ring (bicyclic) bond motifs is 1. The molecule has 1 unspecified atom stereocenters. The maximum absolute atomic E-state index is 9.94. The molecule has 0 amide bonds. The van der Waals surface area contributed by atoms with Crippen LogP contribution in [-0.2, 0) is 6.42 Å². The Kier molecular flexibility index (Phi) is 2.92. The van der Waals surface area contributed by atoms with Crippen LogP contribution in [0.1, 0.15) is 23.7 Å². The first-order chi connectivity index (χ1) is 7.72. The fourth-order valence-corrected chi connectivity index (χ4v) is 2.25. The molecule has 0 saturated heterocycles. The minimum absolute atomic E-state index is 0.492. The van der Waals surface area contributed by atoms with Gasteiger partial charge in [-0.05, 0) is 12.8 Å². The highest BCUT2D eigenvalue weighted by Crippen LogP contribution is 2.47. The van der Waals surface area contributed by atoms with Crippen LogP contribution in [0.3, 0.4) is 0 Å². The number of ether oxygens (including phenoxy) is 3. The van der Waals surface area contributed by atoms with Crippen molar-refractivity contribution in [2.45, 2.75) is 18.9 Å². The minimum Gasteiger partial charge on any atom is -0.496 e. The van der Waals surface area contributed by atoms with Gasteiger partial charge < -0.3 is 19.3 Å². The molecule has 0 bridgehead atoms. The Balaban J connectivity index is 2.65. The van der Waals surface area contributed by atoms with Crippen molar-refractivity contribution in [3.8, 4) is 17.2 Å². The van der Waals surface area contributed by atoms with Gasteiger partial charge >= 0.3 is 0 Å². The van der Waals surface area contributed by atoms with Crippen LogP contribution in [0.25, 0.3) is 0 Å². The number of aliphatic hydroxyl groups is 1. The smallest absolute Gasteiger partial charge is 0.167 e. The summed E-state index contributed by atoms with van der Waals surface area (Å²) in [7, 11) is 4.77. The monoisotopic (exact) mass is 224 g/mol. The lowest BCUT2D eigenvalue weighted by Gasteiger charge is -2.16. The molecule has 0 aromatic heterocycles. The van der Waals surface area contributed by atoms with Crippen LogP contribution >= 0.6 is 0 Å². The highest BCUT2D eigenvalue weighted by molar-refractivity contribution is 5.59. The molecule has 1 N–H and O–H groups in total. The van der Waals surface area contributed by atoms with E-state index >= 15 is 0 Å². The van der Waals surface area contributed by atoms with Crippen molar-refractivity contribution in [1.29, 1.82) is 0 Å². The van der Waals surface area contributed by atoms with Crippen LogP contribution in [0.2, 0.25) is 0 Å². The van der Waals surface area contributed by atoms with Crippen molar-refractivity contribution in [3.63, 3.8) is 0 Å². The molecule has 2 rings (SSSR count). The highest BCUT2D eigenvalue weighted by atomic mass is 16.5. The molecule has 88 valence electrons. The van der Waals surface area contributed by atoms with E-state index in [9.17, 15) is 5.11 Å². The van der Waals surface area contributed by atoms with Crippen molar-refractivity contribution in [2.24, 2.45) is 0 Å². The zero-order valence-electron chi connectivity index (χ0n) is 9.74. The molecule has 0 saturated carbocycles.